The zero-order valence-electron chi connectivity index (χ0n) is 10.6. The number of H-pyrrole nitrogens is 1. The average Bonchev–Trinajstić information content (AvgIpc) is 2.78. The summed E-state index contributed by atoms with van der Waals surface area (Å²) in [6, 6.07) is 8.31. The normalized spacial score (nSPS) is 12.2. The van der Waals surface area contributed by atoms with Crippen LogP contribution < -0.4 is 4.72 Å². The SMILES string of the molecule is CS(=O)(=O)CS(=O)(=O)Nc1cccc(-c2ccn[nH]2)c1. The third-order valence-electron chi connectivity index (χ3n) is 2.32. The molecule has 0 spiro atoms. The Morgan fingerprint density at radius 1 is 1.20 bits per heavy atom. The third kappa shape index (κ3) is 4.07. The van der Waals surface area contributed by atoms with Gasteiger partial charge in [0.15, 0.2) is 14.9 Å². The van der Waals surface area contributed by atoms with E-state index in [-0.39, 0.29) is 0 Å². The molecule has 9 heteroatoms. The number of aromatic nitrogens is 2. The first kappa shape index (κ1) is 14.5. The van der Waals surface area contributed by atoms with Gasteiger partial charge in [-0.15, -0.1) is 0 Å². The number of hydrogen-bond donors (Lipinski definition) is 2. The fraction of sp³-hybridized carbons (Fsp3) is 0.182. The summed E-state index contributed by atoms with van der Waals surface area (Å²) >= 11 is 0. The molecule has 0 aliphatic rings. The number of rotatable bonds is 5. The van der Waals surface area contributed by atoms with Gasteiger partial charge in [-0.25, -0.2) is 16.8 Å². The lowest BCUT2D eigenvalue weighted by Crippen LogP contribution is -2.22. The van der Waals surface area contributed by atoms with Gasteiger partial charge in [-0.1, -0.05) is 12.1 Å². The molecule has 0 bridgehead atoms. The van der Waals surface area contributed by atoms with Crippen LogP contribution in [0.1, 0.15) is 0 Å². The second-order valence-corrected chi connectivity index (χ2v) is 8.54. The zero-order valence-corrected chi connectivity index (χ0v) is 12.2. The van der Waals surface area contributed by atoms with E-state index in [1.165, 1.54) is 0 Å². The molecule has 0 radical (unpaired) electrons. The molecule has 2 aromatic rings. The van der Waals surface area contributed by atoms with Crippen LogP contribution in [0.25, 0.3) is 11.3 Å². The Morgan fingerprint density at radius 2 is 1.95 bits per heavy atom. The molecule has 20 heavy (non-hydrogen) atoms. The molecule has 1 aromatic carbocycles. The number of anilines is 1. The molecule has 2 N–H and O–H groups in total. The highest BCUT2D eigenvalue weighted by molar-refractivity contribution is 8.08. The maximum Gasteiger partial charge on any atom is 0.247 e. The highest BCUT2D eigenvalue weighted by Gasteiger charge is 2.18. The lowest BCUT2D eigenvalue weighted by molar-refractivity contribution is 0.595. The summed E-state index contributed by atoms with van der Waals surface area (Å²) in [6.45, 7) is 0. The largest absolute Gasteiger partial charge is 0.283 e. The molecule has 1 heterocycles. The topological polar surface area (TPSA) is 109 Å². The van der Waals surface area contributed by atoms with Crippen molar-refractivity contribution in [2.75, 3.05) is 16.1 Å². The van der Waals surface area contributed by atoms with Gasteiger partial charge in [0, 0.05) is 23.7 Å². The maximum atomic E-state index is 11.7. The van der Waals surface area contributed by atoms with Gasteiger partial charge in [0.05, 0.1) is 5.69 Å². The van der Waals surface area contributed by atoms with Crippen LogP contribution in [-0.4, -0.2) is 38.4 Å². The van der Waals surface area contributed by atoms with E-state index in [4.69, 9.17) is 0 Å². The molecular formula is C11H13N3O4S2. The van der Waals surface area contributed by atoms with E-state index in [0.717, 1.165) is 17.5 Å². The molecule has 0 aliphatic heterocycles. The van der Waals surface area contributed by atoms with Gasteiger partial charge < -0.3 is 0 Å². The lowest BCUT2D eigenvalue weighted by atomic mass is 10.1. The highest BCUT2D eigenvalue weighted by atomic mass is 32.3. The number of nitrogens with one attached hydrogen (secondary N) is 2. The van der Waals surface area contributed by atoms with Gasteiger partial charge in [0.2, 0.25) is 10.0 Å². The molecule has 7 nitrogen and oxygen atoms in total. The summed E-state index contributed by atoms with van der Waals surface area (Å²) in [6.07, 6.45) is 2.45. The van der Waals surface area contributed by atoms with E-state index in [1.807, 2.05) is 0 Å². The summed E-state index contributed by atoms with van der Waals surface area (Å²) < 4.78 is 47.8. The summed E-state index contributed by atoms with van der Waals surface area (Å²) in [5.41, 5.74) is 1.76. The summed E-state index contributed by atoms with van der Waals surface area (Å²) in [4.78, 5) is 0. The van der Waals surface area contributed by atoms with Gasteiger partial charge in [-0.2, -0.15) is 5.10 Å². The van der Waals surface area contributed by atoms with Crippen LogP contribution in [0.3, 0.4) is 0 Å². The van der Waals surface area contributed by atoms with Crippen molar-refractivity contribution < 1.29 is 16.8 Å². The quantitative estimate of drug-likeness (QED) is 0.849. The lowest BCUT2D eigenvalue weighted by Gasteiger charge is -2.08. The molecular weight excluding hydrogens is 302 g/mol. The minimum atomic E-state index is -3.94. The minimum absolute atomic E-state index is 0.292. The van der Waals surface area contributed by atoms with Crippen molar-refractivity contribution in [1.82, 2.24) is 10.2 Å². The zero-order chi connectivity index (χ0) is 14.8. The third-order valence-corrected chi connectivity index (χ3v) is 5.82. The first-order valence-electron chi connectivity index (χ1n) is 5.53. The Kier molecular flexibility index (Phi) is 3.82. The van der Waals surface area contributed by atoms with Crippen molar-refractivity contribution in [3.8, 4) is 11.3 Å². The van der Waals surface area contributed by atoms with Crippen molar-refractivity contribution in [1.29, 1.82) is 0 Å². The number of aromatic amines is 1. The molecule has 2 rings (SSSR count). The van der Waals surface area contributed by atoms with E-state index >= 15 is 0 Å². The number of nitrogens with zero attached hydrogens (tertiary/aromatic N) is 1. The Balaban J connectivity index is 2.25. The van der Waals surface area contributed by atoms with Crippen LogP contribution in [0.4, 0.5) is 5.69 Å². The summed E-state index contributed by atoms with van der Waals surface area (Å²) in [7, 11) is -7.56. The molecule has 1 aromatic heterocycles. The Morgan fingerprint density at radius 3 is 2.55 bits per heavy atom. The van der Waals surface area contributed by atoms with Crippen LogP contribution >= 0.6 is 0 Å². The van der Waals surface area contributed by atoms with Gasteiger partial charge in [0.25, 0.3) is 0 Å². The van der Waals surface area contributed by atoms with Crippen LogP contribution in [0, 0.1) is 0 Å². The number of sulfone groups is 1. The standard InChI is InChI=1S/C11H13N3O4S2/c1-19(15,16)8-20(17,18)14-10-4-2-3-9(7-10)11-5-6-12-13-11/h2-7,14H,8H2,1H3,(H,12,13). The first-order valence-corrected chi connectivity index (χ1v) is 9.24. The maximum absolute atomic E-state index is 11.7. The van der Waals surface area contributed by atoms with Crippen LogP contribution in [0.5, 0.6) is 0 Å². The van der Waals surface area contributed by atoms with Crippen molar-refractivity contribution in [3.05, 3.63) is 36.5 Å². The Hall–Kier alpha value is -1.87. The first-order chi connectivity index (χ1) is 9.25. The second-order valence-electron chi connectivity index (χ2n) is 4.31. The van der Waals surface area contributed by atoms with Gasteiger partial charge in [-0.05, 0) is 18.2 Å². The fourth-order valence-electron chi connectivity index (χ4n) is 1.66. The van der Waals surface area contributed by atoms with Gasteiger partial charge in [0.1, 0.15) is 0 Å². The molecule has 0 saturated heterocycles. The van der Waals surface area contributed by atoms with E-state index in [1.54, 1.807) is 36.5 Å². The molecule has 0 saturated carbocycles. The molecule has 0 unspecified atom stereocenters. The molecule has 0 amide bonds. The minimum Gasteiger partial charge on any atom is -0.283 e. The van der Waals surface area contributed by atoms with E-state index in [0.29, 0.717) is 5.69 Å². The number of benzene rings is 1. The van der Waals surface area contributed by atoms with E-state index in [9.17, 15) is 16.8 Å². The second kappa shape index (κ2) is 5.25. The van der Waals surface area contributed by atoms with Crippen LogP contribution in [0.2, 0.25) is 0 Å². The van der Waals surface area contributed by atoms with Gasteiger partial charge in [-0.3, -0.25) is 9.82 Å². The van der Waals surface area contributed by atoms with E-state index < -0.39 is 24.9 Å². The Labute approximate surface area is 117 Å². The number of sulfonamides is 1. The number of hydrogen-bond acceptors (Lipinski definition) is 5. The molecule has 0 aliphatic carbocycles. The average molecular weight is 315 g/mol. The predicted molar refractivity (Wildman–Crippen MR) is 76.3 cm³/mol. The monoisotopic (exact) mass is 315 g/mol. The predicted octanol–water partition coefficient (Wildman–Crippen LogP) is 0.820. The highest BCUT2D eigenvalue weighted by Crippen LogP contribution is 2.21. The molecule has 0 fully saturated rings. The van der Waals surface area contributed by atoms with Crippen molar-refractivity contribution in [3.63, 3.8) is 0 Å². The van der Waals surface area contributed by atoms with Crippen molar-refractivity contribution >= 4 is 25.5 Å². The molecule has 108 valence electrons. The van der Waals surface area contributed by atoms with Crippen LogP contribution in [-0.2, 0) is 19.9 Å². The summed E-state index contributed by atoms with van der Waals surface area (Å²) in [5.74, 6) is 0. The van der Waals surface area contributed by atoms with Gasteiger partial charge >= 0.3 is 0 Å². The smallest absolute Gasteiger partial charge is 0.247 e. The van der Waals surface area contributed by atoms with Crippen molar-refractivity contribution in [2.45, 2.75) is 0 Å². The fourth-order valence-corrected chi connectivity index (χ4v) is 4.63. The van der Waals surface area contributed by atoms with Crippen molar-refractivity contribution in [2.24, 2.45) is 0 Å². The molecule has 0 atom stereocenters. The Bertz CT molecular complexity index is 796. The summed E-state index contributed by atoms with van der Waals surface area (Å²) in [5, 5.41) is 5.62. The van der Waals surface area contributed by atoms with E-state index in [2.05, 4.69) is 14.9 Å². The van der Waals surface area contributed by atoms with Crippen LogP contribution in [0.15, 0.2) is 36.5 Å².